The van der Waals surface area contributed by atoms with Crippen LogP contribution in [0.4, 0.5) is 17.1 Å². The molecule has 10 aromatic rings. The van der Waals surface area contributed by atoms with Crippen LogP contribution < -0.4 is 4.90 Å². The highest BCUT2D eigenvalue weighted by Crippen LogP contribution is 2.42. The van der Waals surface area contributed by atoms with E-state index in [1.165, 1.54) is 16.2 Å². The Kier molecular flexibility index (Phi) is 8.16. The molecule has 3 heteroatoms. The number of fused-ring (bicyclic) bond motifs is 5. The zero-order valence-electron chi connectivity index (χ0n) is 30.0. The zero-order chi connectivity index (χ0) is 36.6. The highest BCUT2D eigenvalue weighted by molar-refractivity contribution is 6.24. The van der Waals surface area contributed by atoms with Crippen LogP contribution in [-0.2, 0) is 0 Å². The van der Waals surface area contributed by atoms with E-state index in [1.807, 2.05) is 12.1 Å². The molecule has 0 fully saturated rings. The number of rotatable bonds is 7. The molecular formula is C52H35N3. The van der Waals surface area contributed by atoms with E-state index in [0.717, 1.165) is 78.3 Å². The van der Waals surface area contributed by atoms with E-state index in [1.54, 1.807) is 0 Å². The van der Waals surface area contributed by atoms with E-state index in [4.69, 9.17) is 9.97 Å². The van der Waals surface area contributed by atoms with Gasteiger partial charge in [-0.15, -0.1) is 0 Å². The fourth-order valence-electron chi connectivity index (χ4n) is 7.82. The number of para-hydroxylation sites is 3. The monoisotopic (exact) mass is 701 g/mol. The normalized spacial score (nSPS) is 11.3. The van der Waals surface area contributed by atoms with Crippen molar-refractivity contribution in [1.29, 1.82) is 0 Å². The van der Waals surface area contributed by atoms with Crippen LogP contribution in [0.2, 0.25) is 0 Å². The third kappa shape index (κ3) is 5.98. The molecule has 0 aliphatic rings. The van der Waals surface area contributed by atoms with Gasteiger partial charge in [-0.05, 0) is 64.9 Å². The lowest BCUT2D eigenvalue weighted by Gasteiger charge is -2.25. The van der Waals surface area contributed by atoms with E-state index in [9.17, 15) is 0 Å². The van der Waals surface area contributed by atoms with Crippen molar-refractivity contribution in [3.05, 3.63) is 212 Å². The minimum atomic E-state index is 0.928. The molecule has 258 valence electrons. The Bertz CT molecular complexity index is 2850. The van der Waals surface area contributed by atoms with Gasteiger partial charge in [-0.1, -0.05) is 164 Å². The first kappa shape index (κ1) is 32.3. The summed E-state index contributed by atoms with van der Waals surface area (Å²) < 4.78 is 0. The molecule has 0 unspecified atom stereocenters. The van der Waals surface area contributed by atoms with Crippen molar-refractivity contribution in [2.24, 2.45) is 0 Å². The van der Waals surface area contributed by atoms with Gasteiger partial charge in [0.2, 0.25) is 0 Å². The Balaban J connectivity index is 1.21. The van der Waals surface area contributed by atoms with E-state index < -0.39 is 0 Å². The minimum Gasteiger partial charge on any atom is -0.311 e. The summed E-state index contributed by atoms with van der Waals surface area (Å²) >= 11 is 0. The van der Waals surface area contributed by atoms with E-state index >= 15 is 0 Å². The van der Waals surface area contributed by atoms with Crippen molar-refractivity contribution in [1.82, 2.24) is 9.97 Å². The molecule has 0 saturated carbocycles. The smallest absolute Gasteiger partial charge is 0.0794 e. The fourth-order valence-corrected chi connectivity index (χ4v) is 7.82. The second-order valence-electron chi connectivity index (χ2n) is 13.8. The van der Waals surface area contributed by atoms with Gasteiger partial charge in [-0.3, -0.25) is 0 Å². The molecule has 8 aromatic carbocycles. The molecule has 0 N–H and O–H groups in total. The molecular weight excluding hydrogens is 667 g/mol. The third-order valence-corrected chi connectivity index (χ3v) is 10.4. The number of benzene rings is 8. The molecule has 55 heavy (non-hydrogen) atoms. The van der Waals surface area contributed by atoms with Gasteiger partial charge in [-0.25, -0.2) is 9.97 Å². The molecule has 0 aliphatic carbocycles. The second-order valence-corrected chi connectivity index (χ2v) is 13.8. The summed E-state index contributed by atoms with van der Waals surface area (Å²) in [5.74, 6) is 0. The van der Waals surface area contributed by atoms with E-state index in [2.05, 4.69) is 205 Å². The number of aromatic nitrogens is 2. The Morgan fingerprint density at radius 3 is 1.47 bits per heavy atom. The van der Waals surface area contributed by atoms with Gasteiger partial charge in [-0.2, -0.15) is 0 Å². The van der Waals surface area contributed by atoms with Gasteiger partial charge >= 0.3 is 0 Å². The van der Waals surface area contributed by atoms with E-state index in [-0.39, 0.29) is 0 Å². The maximum absolute atomic E-state index is 5.62. The van der Waals surface area contributed by atoms with Crippen LogP contribution >= 0.6 is 0 Å². The van der Waals surface area contributed by atoms with Crippen LogP contribution in [0.25, 0.3) is 77.3 Å². The largest absolute Gasteiger partial charge is 0.311 e. The summed E-state index contributed by atoms with van der Waals surface area (Å²) in [7, 11) is 0. The Labute approximate surface area is 320 Å². The van der Waals surface area contributed by atoms with Crippen LogP contribution in [0, 0.1) is 0 Å². The van der Waals surface area contributed by atoms with Gasteiger partial charge in [0.25, 0.3) is 0 Å². The first-order chi connectivity index (χ1) is 27.3. The van der Waals surface area contributed by atoms with Gasteiger partial charge in [0.05, 0.1) is 22.6 Å². The molecule has 3 nitrogen and oxygen atoms in total. The number of hydrogen-bond acceptors (Lipinski definition) is 3. The maximum Gasteiger partial charge on any atom is 0.0794 e. The summed E-state index contributed by atoms with van der Waals surface area (Å²) in [4.78, 5) is 13.1. The SMILES string of the molecule is c1ccc(-c2cc(-c3cccc4c3nc(-c3ccc(N(c5ccccc5)c5ccccc5)cc3)c3ccc5ccccc5c34)cc(-c3ccccc3)n2)cc1. The molecule has 10 rings (SSSR count). The standard InChI is InChI=1S/C52H35N3/c1-5-17-37(18-6-1)48-34-40(35-49(53-48)38-19-7-2-8-20-38)45-26-15-27-46-50-44-25-14-13-16-36(44)30-33-47(50)51(54-52(45)46)39-28-31-43(32-29-39)55(41-21-9-3-10-22-41)42-23-11-4-12-24-42/h1-35H. The lowest BCUT2D eigenvalue weighted by atomic mass is 9.92. The van der Waals surface area contributed by atoms with Crippen LogP contribution in [0.1, 0.15) is 0 Å². The summed E-state index contributed by atoms with van der Waals surface area (Å²) in [6.45, 7) is 0. The topological polar surface area (TPSA) is 29.0 Å². The number of pyridine rings is 2. The first-order valence-electron chi connectivity index (χ1n) is 18.7. The van der Waals surface area contributed by atoms with Gasteiger partial charge < -0.3 is 4.90 Å². The lowest BCUT2D eigenvalue weighted by Crippen LogP contribution is -2.09. The summed E-state index contributed by atoms with van der Waals surface area (Å²) in [5, 5.41) is 5.88. The molecule has 0 radical (unpaired) electrons. The fraction of sp³-hybridized carbons (Fsp3) is 0. The van der Waals surface area contributed by atoms with Crippen molar-refractivity contribution < 1.29 is 0 Å². The highest BCUT2D eigenvalue weighted by Gasteiger charge is 2.19. The van der Waals surface area contributed by atoms with Crippen molar-refractivity contribution in [3.8, 4) is 44.9 Å². The summed E-state index contributed by atoms with van der Waals surface area (Å²) in [5.41, 5.74) is 12.4. The number of hydrogen-bond donors (Lipinski definition) is 0. The molecule has 0 bridgehead atoms. The molecule has 0 atom stereocenters. The highest BCUT2D eigenvalue weighted by atomic mass is 15.1. The van der Waals surface area contributed by atoms with Crippen LogP contribution in [-0.4, -0.2) is 9.97 Å². The van der Waals surface area contributed by atoms with Crippen LogP contribution in [0.5, 0.6) is 0 Å². The van der Waals surface area contributed by atoms with E-state index in [0.29, 0.717) is 0 Å². The average molecular weight is 702 g/mol. The number of nitrogens with zero attached hydrogens (tertiary/aromatic N) is 3. The van der Waals surface area contributed by atoms with Crippen molar-refractivity contribution in [2.45, 2.75) is 0 Å². The van der Waals surface area contributed by atoms with Crippen molar-refractivity contribution in [3.63, 3.8) is 0 Å². The Morgan fingerprint density at radius 1 is 0.327 bits per heavy atom. The van der Waals surface area contributed by atoms with Gasteiger partial charge in [0, 0.05) is 55.5 Å². The third-order valence-electron chi connectivity index (χ3n) is 10.4. The maximum atomic E-state index is 5.62. The van der Waals surface area contributed by atoms with Crippen LogP contribution in [0.15, 0.2) is 212 Å². The molecule has 0 amide bonds. The lowest BCUT2D eigenvalue weighted by molar-refractivity contribution is 1.28. The second kappa shape index (κ2) is 13.9. The molecule has 2 heterocycles. The molecule has 0 spiro atoms. The minimum absolute atomic E-state index is 0.928. The Morgan fingerprint density at radius 2 is 0.855 bits per heavy atom. The summed E-state index contributed by atoms with van der Waals surface area (Å²) in [6.07, 6.45) is 0. The van der Waals surface area contributed by atoms with Gasteiger partial charge in [0.1, 0.15) is 0 Å². The number of anilines is 3. The average Bonchev–Trinajstić information content (AvgIpc) is 3.27. The first-order valence-corrected chi connectivity index (χ1v) is 18.7. The zero-order valence-corrected chi connectivity index (χ0v) is 30.0. The molecule has 2 aromatic heterocycles. The molecule has 0 aliphatic heterocycles. The van der Waals surface area contributed by atoms with Gasteiger partial charge in [0.15, 0.2) is 0 Å². The predicted molar refractivity (Wildman–Crippen MR) is 231 cm³/mol. The molecule has 0 saturated heterocycles. The summed E-state index contributed by atoms with van der Waals surface area (Å²) in [6, 6.07) is 74.9. The Hall–Kier alpha value is -7.36. The predicted octanol–water partition coefficient (Wildman–Crippen LogP) is 14.1. The van der Waals surface area contributed by atoms with Crippen LogP contribution in [0.3, 0.4) is 0 Å². The van der Waals surface area contributed by atoms with Crippen molar-refractivity contribution in [2.75, 3.05) is 4.90 Å². The quantitative estimate of drug-likeness (QED) is 0.155. The van der Waals surface area contributed by atoms with Crippen molar-refractivity contribution >= 4 is 49.5 Å².